The van der Waals surface area contributed by atoms with Gasteiger partial charge in [0.15, 0.2) is 5.41 Å². The minimum Gasteiger partial charge on any atom is -0.468 e. The number of carbonyl (C=O) groups excluding carboxylic acids is 2. The largest absolute Gasteiger partial charge is 0.468 e. The van der Waals surface area contributed by atoms with E-state index >= 15 is 0 Å². The van der Waals surface area contributed by atoms with Gasteiger partial charge in [0, 0.05) is 0 Å². The first-order valence-electron chi connectivity index (χ1n) is 6.39. The van der Waals surface area contributed by atoms with E-state index in [4.69, 9.17) is 9.47 Å². The van der Waals surface area contributed by atoms with Crippen LogP contribution in [0.5, 0.6) is 0 Å². The van der Waals surface area contributed by atoms with Crippen LogP contribution in [-0.2, 0) is 19.1 Å². The van der Waals surface area contributed by atoms with Crippen LogP contribution in [0.25, 0.3) is 0 Å². The van der Waals surface area contributed by atoms with Gasteiger partial charge in [0.25, 0.3) is 0 Å². The maximum absolute atomic E-state index is 12.1. The van der Waals surface area contributed by atoms with E-state index in [0.717, 1.165) is 31.3 Å². The fourth-order valence-electron chi connectivity index (χ4n) is 3.65. The number of esters is 2. The number of hydrogen-bond acceptors (Lipinski definition) is 4. The number of fused-ring (bicyclic) bond motifs is 1. The molecule has 2 aliphatic rings. The molecule has 2 rings (SSSR count). The molecule has 0 N–H and O–H groups in total. The Bertz CT molecular complexity index is 369. The summed E-state index contributed by atoms with van der Waals surface area (Å²) >= 11 is 0. The van der Waals surface area contributed by atoms with Gasteiger partial charge in [0.1, 0.15) is 0 Å². The van der Waals surface area contributed by atoms with E-state index in [1.807, 2.05) is 0 Å². The molecule has 0 amide bonds. The Morgan fingerprint density at radius 1 is 1.22 bits per heavy atom. The molecule has 0 heterocycles. The van der Waals surface area contributed by atoms with E-state index in [-0.39, 0.29) is 5.92 Å². The summed E-state index contributed by atoms with van der Waals surface area (Å²) in [6.07, 6.45) is 4.17. The Kier molecular flexibility index (Phi) is 3.46. The fourth-order valence-corrected chi connectivity index (χ4v) is 3.65. The molecule has 100 valence electrons. The molecule has 0 aromatic carbocycles. The van der Waals surface area contributed by atoms with E-state index in [2.05, 4.69) is 6.58 Å². The molecule has 2 atom stereocenters. The third-order valence-electron chi connectivity index (χ3n) is 4.59. The zero-order valence-corrected chi connectivity index (χ0v) is 11.0. The molecule has 2 saturated carbocycles. The van der Waals surface area contributed by atoms with Crippen LogP contribution in [-0.4, -0.2) is 26.2 Å². The first-order valence-corrected chi connectivity index (χ1v) is 6.39. The number of carbonyl (C=O) groups is 2. The quantitative estimate of drug-likeness (QED) is 0.429. The highest BCUT2D eigenvalue weighted by Crippen LogP contribution is 2.55. The molecule has 2 fully saturated rings. The Labute approximate surface area is 107 Å². The van der Waals surface area contributed by atoms with Gasteiger partial charge in [-0.3, -0.25) is 9.59 Å². The Hall–Kier alpha value is -1.32. The molecule has 0 aromatic rings. The zero-order valence-electron chi connectivity index (χ0n) is 11.0. The molecule has 0 bridgehead atoms. The molecular weight excluding hydrogens is 232 g/mol. The van der Waals surface area contributed by atoms with Gasteiger partial charge >= 0.3 is 11.9 Å². The number of ether oxygens (including phenoxy) is 2. The minimum atomic E-state index is -1.10. The van der Waals surface area contributed by atoms with E-state index in [9.17, 15) is 9.59 Å². The van der Waals surface area contributed by atoms with Crippen LogP contribution in [0.3, 0.4) is 0 Å². The third-order valence-corrected chi connectivity index (χ3v) is 4.59. The van der Waals surface area contributed by atoms with E-state index < -0.39 is 17.4 Å². The Balaban J connectivity index is 2.38. The molecule has 0 unspecified atom stereocenters. The molecule has 4 heteroatoms. The van der Waals surface area contributed by atoms with Crippen LogP contribution >= 0.6 is 0 Å². The van der Waals surface area contributed by atoms with Crippen molar-refractivity contribution in [3.05, 3.63) is 12.2 Å². The number of rotatable bonds is 2. The van der Waals surface area contributed by atoms with Crippen molar-refractivity contribution in [2.45, 2.75) is 32.1 Å². The molecule has 0 saturated heterocycles. The second kappa shape index (κ2) is 4.75. The predicted octanol–water partition coefficient (Wildman–Crippen LogP) is 2.09. The van der Waals surface area contributed by atoms with Crippen LogP contribution in [0, 0.1) is 17.3 Å². The molecule has 0 spiro atoms. The predicted molar refractivity (Wildman–Crippen MR) is 65.7 cm³/mol. The Morgan fingerprint density at radius 2 is 1.83 bits per heavy atom. The lowest BCUT2D eigenvalue weighted by Gasteiger charge is -2.35. The standard InChI is InChI=1S/C14H20O4/c1-9-4-5-10-6-7-14(11(10)8-9,12(15)17-2)13(16)18-3/h10-11H,1,4-8H2,2-3H3/t10-,11+/m1/s1. The molecule has 0 radical (unpaired) electrons. The van der Waals surface area contributed by atoms with Crippen LogP contribution in [0.4, 0.5) is 0 Å². The molecule has 18 heavy (non-hydrogen) atoms. The highest BCUT2D eigenvalue weighted by Gasteiger charge is 2.60. The van der Waals surface area contributed by atoms with E-state index in [1.54, 1.807) is 0 Å². The maximum Gasteiger partial charge on any atom is 0.323 e. The van der Waals surface area contributed by atoms with Gasteiger partial charge in [0.05, 0.1) is 14.2 Å². The SMILES string of the molecule is C=C1CC[C@@H]2CCC(C(=O)OC)(C(=O)OC)[C@H]2C1. The zero-order chi connectivity index (χ0) is 13.3. The average molecular weight is 252 g/mol. The van der Waals surface area contributed by atoms with Crippen molar-refractivity contribution in [1.82, 2.24) is 0 Å². The van der Waals surface area contributed by atoms with Gasteiger partial charge in [-0.2, -0.15) is 0 Å². The van der Waals surface area contributed by atoms with Crippen molar-refractivity contribution >= 4 is 11.9 Å². The summed E-state index contributed by atoms with van der Waals surface area (Å²) in [6, 6.07) is 0. The first-order chi connectivity index (χ1) is 8.56. The van der Waals surface area contributed by atoms with Crippen molar-refractivity contribution in [3.8, 4) is 0 Å². The smallest absolute Gasteiger partial charge is 0.323 e. The fraction of sp³-hybridized carbons (Fsp3) is 0.714. The highest BCUT2D eigenvalue weighted by molar-refractivity contribution is 6.00. The van der Waals surface area contributed by atoms with Crippen LogP contribution in [0.1, 0.15) is 32.1 Å². The second-order valence-electron chi connectivity index (χ2n) is 5.35. The summed E-state index contributed by atoms with van der Waals surface area (Å²) < 4.78 is 9.75. The van der Waals surface area contributed by atoms with Crippen molar-refractivity contribution in [2.75, 3.05) is 14.2 Å². The molecule has 4 nitrogen and oxygen atoms in total. The normalized spacial score (nSPS) is 29.6. The molecule has 2 aliphatic carbocycles. The number of hydrogen-bond donors (Lipinski definition) is 0. The van der Waals surface area contributed by atoms with Gasteiger partial charge in [-0.1, -0.05) is 12.2 Å². The minimum absolute atomic E-state index is 0.00125. The summed E-state index contributed by atoms with van der Waals surface area (Å²) in [6.45, 7) is 4.01. The van der Waals surface area contributed by atoms with Gasteiger partial charge < -0.3 is 9.47 Å². The maximum atomic E-state index is 12.1. The van der Waals surface area contributed by atoms with Gasteiger partial charge in [-0.05, 0) is 43.9 Å². The summed E-state index contributed by atoms with van der Waals surface area (Å²) in [4.78, 5) is 24.3. The summed E-state index contributed by atoms with van der Waals surface area (Å²) in [7, 11) is 2.66. The average Bonchev–Trinajstić information content (AvgIpc) is 2.76. The van der Waals surface area contributed by atoms with E-state index in [0.29, 0.717) is 12.3 Å². The lowest BCUT2D eigenvalue weighted by molar-refractivity contribution is -0.173. The molecule has 0 aliphatic heterocycles. The third kappa shape index (κ3) is 1.74. The summed E-state index contributed by atoms with van der Waals surface area (Å²) in [5.41, 5.74) is 0.0210. The lowest BCUT2D eigenvalue weighted by Crippen LogP contribution is -2.46. The monoisotopic (exact) mass is 252 g/mol. The van der Waals surface area contributed by atoms with Crippen LogP contribution in [0.15, 0.2) is 12.2 Å². The first kappa shape index (κ1) is 13.1. The summed E-state index contributed by atoms with van der Waals surface area (Å²) in [5, 5.41) is 0. The highest BCUT2D eigenvalue weighted by atomic mass is 16.5. The van der Waals surface area contributed by atoms with Crippen molar-refractivity contribution < 1.29 is 19.1 Å². The van der Waals surface area contributed by atoms with Gasteiger partial charge in [0.2, 0.25) is 0 Å². The topological polar surface area (TPSA) is 52.6 Å². The number of allylic oxidation sites excluding steroid dienone is 1. The van der Waals surface area contributed by atoms with Crippen molar-refractivity contribution in [3.63, 3.8) is 0 Å². The van der Waals surface area contributed by atoms with E-state index in [1.165, 1.54) is 14.2 Å². The van der Waals surface area contributed by atoms with Crippen LogP contribution < -0.4 is 0 Å². The van der Waals surface area contributed by atoms with Crippen molar-refractivity contribution in [1.29, 1.82) is 0 Å². The molecular formula is C14H20O4. The summed E-state index contributed by atoms with van der Waals surface area (Å²) in [5.74, 6) is -0.486. The number of methoxy groups -OCH3 is 2. The Morgan fingerprint density at radius 3 is 2.39 bits per heavy atom. The van der Waals surface area contributed by atoms with Crippen molar-refractivity contribution in [2.24, 2.45) is 17.3 Å². The molecule has 0 aromatic heterocycles. The van der Waals surface area contributed by atoms with Gasteiger partial charge in [-0.15, -0.1) is 0 Å². The second-order valence-corrected chi connectivity index (χ2v) is 5.35. The van der Waals surface area contributed by atoms with Gasteiger partial charge in [-0.25, -0.2) is 0 Å². The lowest BCUT2D eigenvalue weighted by atomic mass is 9.68. The van der Waals surface area contributed by atoms with Crippen LogP contribution in [0.2, 0.25) is 0 Å².